The van der Waals surface area contributed by atoms with Crippen LogP contribution in [0.4, 0.5) is 0 Å². The van der Waals surface area contributed by atoms with Gasteiger partial charge in [0.2, 0.25) is 10.0 Å². The van der Waals surface area contributed by atoms with Crippen molar-refractivity contribution in [3.05, 3.63) is 59.3 Å². The van der Waals surface area contributed by atoms with Crippen molar-refractivity contribution in [1.82, 2.24) is 9.78 Å². The summed E-state index contributed by atoms with van der Waals surface area (Å²) in [6.45, 7) is -0.190. The normalized spacial score (nSPS) is 17.8. The zero-order valence-corrected chi connectivity index (χ0v) is 14.2. The first kappa shape index (κ1) is 16.9. The van der Waals surface area contributed by atoms with E-state index in [1.54, 1.807) is 41.1 Å². The van der Waals surface area contributed by atoms with E-state index in [4.69, 9.17) is 16.7 Å². The molecule has 0 saturated heterocycles. The summed E-state index contributed by atoms with van der Waals surface area (Å²) in [5.41, 5.74) is 2.90. The molecule has 8 heteroatoms. The zero-order valence-electron chi connectivity index (χ0n) is 12.6. The van der Waals surface area contributed by atoms with Crippen LogP contribution in [0.1, 0.15) is 12.1 Å². The van der Waals surface area contributed by atoms with Crippen LogP contribution in [0.15, 0.2) is 48.6 Å². The van der Waals surface area contributed by atoms with Crippen molar-refractivity contribution in [2.24, 2.45) is 5.14 Å². The second-order valence-electron chi connectivity index (χ2n) is 5.45. The molecule has 0 saturated carbocycles. The maximum Gasteiger partial charge on any atom is 0.215 e. The second kappa shape index (κ2) is 6.52. The molecule has 1 aromatic heterocycles. The Labute approximate surface area is 144 Å². The van der Waals surface area contributed by atoms with Crippen molar-refractivity contribution >= 4 is 27.3 Å². The summed E-state index contributed by atoms with van der Waals surface area (Å²) in [5.74, 6) is 0. The number of nitrogens with zero attached hydrogens (tertiary/aromatic N) is 2. The molecule has 3 rings (SSSR count). The molecule has 0 bridgehead atoms. The third-order valence-corrected chi connectivity index (χ3v) is 5.21. The molecule has 1 atom stereocenters. The van der Waals surface area contributed by atoms with Crippen LogP contribution in [-0.4, -0.2) is 28.6 Å². The first-order chi connectivity index (χ1) is 11.4. The summed E-state index contributed by atoms with van der Waals surface area (Å²) >= 11 is 5.93. The van der Waals surface area contributed by atoms with Gasteiger partial charge in [-0.25, -0.2) is 18.2 Å². The molecule has 6 nitrogen and oxygen atoms in total. The monoisotopic (exact) mass is 365 g/mol. The Hall–Kier alpha value is -1.93. The van der Waals surface area contributed by atoms with E-state index in [9.17, 15) is 13.5 Å². The van der Waals surface area contributed by atoms with Gasteiger partial charge < -0.3 is 5.11 Å². The van der Waals surface area contributed by atoms with Crippen molar-refractivity contribution in [3.8, 4) is 11.3 Å². The second-order valence-corrected chi connectivity index (χ2v) is 7.67. The highest BCUT2D eigenvalue weighted by molar-refractivity contribution is 7.89. The van der Waals surface area contributed by atoms with Gasteiger partial charge in [0, 0.05) is 10.6 Å². The van der Waals surface area contributed by atoms with E-state index >= 15 is 0 Å². The van der Waals surface area contributed by atoms with Crippen LogP contribution in [0.2, 0.25) is 5.02 Å². The highest BCUT2D eigenvalue weighted by atomic mass is 35.5. The molecule has 126 valence electrons. The Balaban J connectivity index is 2.00. The molecule has 24 heavy (non-hydrogen) atoms. The van der Waals surface area contributed by atoms with Crippen LogP contribution in [0, 0.1) is 0 Å². The summed E-state index contributed by atoms with van der Waals surface area (Å²) in [6.07, 6.45) is 5.27. The molecule has 0 spiro atoms. The molecule has 2 aromatic rings. The Bertz CT molecular complexity index is 915. The lowest BCUT2D eigenvalue weighted by Gasteiger charge is -2.16. The molecule has 0 aliphatic heterocycles. The van der Waals surface area contributed by atoms with Gasteiger partial charge in [0.05, 0.1) is 28.9 Å². The average molecular weight is 366 g/mol. The number of allylic oxidation sites excluding steroid dienone is 3. The van der Waals surface area contributed by atoms with Crippen LogP contribution >= 0.6 is 11.6 Å². The number of benzene rings is 1. The van der Waals surface area contributed by atoms with Crippen molar-refractivity contribution in [1.29, 1.82) is 0 Å². The number of sulfonamides is 1. The minimum atomic E-state index is -3.61. The minimum absolute atomic E-state index is 0.190. The Morgan fingerprint density at radius 1 is 1.33 bits per heavy atom. The first-order valence-electron chi connectivity index (χ1n) is 7.24. The van der Waals surface area contributed by atoms with E-state index in [-0.39, 0.29) is 13.0 Å². The number of aliphatic hydroxyl groups is 1. The summed E-state index contributed by atoms with van der Waals surface area (Å²) in [4.78, 5) is 0. The van der Waals surface area contributed by atoms with Crippen LogP contribution in [0.3, 0.4) is 0 Å². The molecule has 1 heterocycles. The smallest absolute Gasteiger partial charge is 0.215 e. The van der Waals surface area contributed by atoms with Crippen LogP contribution in [0.25, 0.3) is 17.0 Å². The summed E-state index contributed by atoms with van der Waals surface area (Å²) in [5, 5.41) is 18.8. The lowest BCUT2D eigenvalue weighted by Crippen LogP contribution is -2.27. The van der Waals surface area contributed by atoms with Gasteiger partial charge in [-0.2, -0.15) is 5.10 Å². The average Bonchev–Trinajstić information content (AvgIpc) is 2.99. The summed E-state index contributed by atoms with van der Waals surface area (Å²) < 4.78 is 24.5. The van der Waals surface area contributed by atoms with E-state index in [0.29, 0.717) is 10.7 Å². The van der Waals surface area contributed by atoms with Crippen LogP contribution in [-0.2, 0) is 16.6 Å². The van der Waals surface area contributed by atoms with Crippen molar-refractivity contribution in [3.63, 3.8) is 0 Å². The standard InChI is InChI=1S/C16H16ClN3O3S/c17-12-3-1-11(2-4-12)16-9-13(10-21)19-20(16)14-5-7-15(8-6-14)24(18,22)23/h1-7,9,15,21H,8,10H2,(H2,18,22,23). The number of rotatable bonds is 4. The molecule has 1 aromatic carbocycles. The van der Waals surface area contributed by atoms with Crippen molar-refractivity contribution in [2.45, 2.75) is 18.3 Å². The maximum absolute atomic E-state index is 11.4. The van der Waals surface area contributed by atoms with Crippen molar-refractivity contribution < 1.29 is 13.5 Å². The number of hydrogen-bond donors (Lipinski definition) is 2. The highest BCUT2D eigenvalue weighted by Gasteiger charge is 2.21. The third-order valence-electron chi connectivity index (χ3n) is 3.77. The maximum atomic E-state index is 11.4. The number of aliphatic hydroxyl groups excluding tert-OH is 1. The lowest BCUT2D eigenvalue weighted by atomic mass is 10.1. The van der Waals surface area contributed by atoms with Gasteiger partial charge in [-0.1, -0.05) is 35.9 Å². The van der Waals surface area contributed by atoms with Gasteiger partial charge in [-0.05, 0) is 30.7 Å². The minimum Gasteiger partial charge on any atom is -0.390 e. The van der Waals surface area contributed by atoms with Gasteiger partial charge in [0.1, 0.15) is 0 Å². The number of primary sulfonamides is 1. The molecule has 1 unspecified atom stereocenters. The van der Waals surface area contributed by atoms with Gasteiger partial charge in [-0.15, -0.1) is 0 Å². The van der Waals surface area contributed by atoms with E-state index in [1.165, 1.54) is 0 Å². The third kappa shape index (κ3) is 3.44. The lowest BCUT2D eigenvalue weighted by molar-refractivity contribution is 0.276. The quantitative estimate of drug-likeness (QED) is 0.867. The SMILES string of the molecule is NS(=O)(=O)C1C=CC(n2nc(CO)cc2-c2ccc(Cl)cc2)=CC1. The van der Waals surface area contributed by atoms with Gasteiger partial charge in [0.15, 0.2) is 0 Å². The topological polar surface area (TPSA) is 98.2 Å². The number of nitrogens with two attached hydrogens (primary N) is 1. The Kier molecular flexibility index (Phi) is 4.60. The molecule has 1 aliphatic rings. The first-order valence-corrected chi connectivity index (χ1v) is 9.23. The summed E-state index contributed by atoms with van der Waals surface area (Å²) in [6, 6.07) is 9.04. The zero-order chi connectivity index (χ0) is 17.3. The van der Waals surface area contributed by atoms with Crippen molar-refractivity contribution in [2.75, 3.05) is 0 Å². The molecule has 0 amide bonds. The molecular formula is C16H16ClN3O3S. The molecule has 3 N–H and O–H groups in total. The van der Waals surface area contributed by atoms with E-state index in [1.807, 2.05) is 12.1 Å². The fraction of sp³-hybridized carbons (Fsp3) is 0.188. The van der Waals surface area contributed by atoms with E-state index in [0.717, 1.165) is 17.0 Å². The van der Waals surface area contributed by atoms with Crippen LogP contribution in [0.5, 0.6) is 0 Å². The number of halogens is 1. The predicted octanol–water partition coefficient (Wildman–Crippen LogP) is 2.15. The number of hydrogen-bond acceptors (Lipinski definition) is 4. The highest BCUT2D eigenvalue weighted by Crippen LogP contribution is 2.28. The number of aromatic nitrogens is 2. The summed E-state index contributed by atoms with van der Waals surface area (Å²) in [7, 11) is -3.61. The fourth-order valence-corrected chi connectivity index (χ4v) is 3.31. The Morgan fingerprint density at radius 3 is 2.58 bits per heavy atom. The van der Waals surface area contributed by atoms with Crippen LogP contribution < -0.4 is 5.14 Å². The Morgan fingerprint density at radius 2 is 2.04 bits per heavy atom. The molecular weight excluding hydrogens is 350 g/mol. The largest absolute Gasteiger partial charge is 0.390 e. The van der Waals surface area contributed by atoms with E-state index < -0.39 is 15.3 Å². The fourth-order valence-electron chi connectivity index (χ4n) is 2.52. The molecule has 1 aliphatic carbocycles. The van der Waals surface area contributed by atoms with Gasteiger partial charge in [0.25, 0.3) is 0 Å². The predicted molar refractivity (Wildman–Crippen MR) is 93.5 cm³/mol. The van der Waals surface area contributed by atoms with Gasteiger partial charge >= 0.3 is 0 Å². The molecule has 0 radical (unpaired) electrons. The van der Waals surface area contributed by atoms with Gasteiger partial charge in [-0.3, -0.25) is 0 Å². The molecule has 0 fully saturated rings. The van der Waals surface area contributed by atoms with E-state index in [2.05, 4.69) is 5.10 Å².